The fourth-order valence-corrected chi connectivity index (χ4v) is 1.45. The number of ether oxygens (including phenoxy) is 1. The summed E-state index contributed by atoms with van der Waals surface area (Å²) in [5.74, 6) is -0.0594. The summed E-state index contributed by atoms with van der Waals surface area (Å²) >= 11 is 11.8. The van der Waals surface area contributed by atoms with Gasteiger partial charge in [-0.1, -0.05) is 29.3 Å². The van der Waals surface area contributed by atoms with Crippen LogP contribution >= 0.6 is 23.2 Å². The average molecular weight is 262 g/mol. The Labute approximate surface area is 104 Å². The maximum Gasteiger partial charge on any atom is 0.226 e. The monoisotopic (exact) mass is 261 g/mol. The van der Waals surface area contributed by atoms with E-state index in [9.17, 15) is 4.79 Å². The van der Waals surface area contributed by atoms with Gasteiger partial charge in [0.25, 0.3) is 0 Å². The van der Waals surface area contributed by atoms with Gasteiger partial charge in [-0.3, -0.25) is 4.79 Å². The molecule has 3 nitrogen and oxygen atoms in total. The molecule has 1 amide bonds. The van der Waals surface area contributed by atoms with E-state index in [0.717, 1.165) is 0 Å². The molecule has 0 heterocycles. The zero-order valence-electron chi connectivity index (χ0n) is 9.09. The Morgan fingerprint density at radius 3 is 2.31 bits per heavy atom. The van der Waals surface area contributed by atoms with Gasteiger partial charge in [0, 0.05) is 0 Å². The van der Waals surface area contributed by atoms with Crippen molar-refractivity contribution in [3.8, 4) is 5.75 Å². The first kappa shape index (κ1) is 13.1. The minimum atomic E-state index is -0.761. The second-order valence-electron chi connectivity index (χ2n) is 4.09. The van der Waals surface area contributed by atoms with Crippen molar-refractivity contribution in [3.63, 3.8) is 0 Å². The van der Waals surface area contributed by atoms with Crippen molar-refractivity contribution < 1.29 is 9.53 Å². The predicted octanol–water partition coefficient (Wildman–Crippen LogP) is 2.88. The topological polar surface area (TPSA) is 52.3 Å². The molecule has 0 bridgehead atoms. The van der Waals surface area contributed by atoms with Gasteiger partial charge in [0.05, 0.1) is 15.5 Å². The summed E-state index contributed by atoms with van der Waals surface area (Å²) in [5.41, 5.74) is 4.46. The van der Waals surface area contributed by atoms with Crippen LogP contribution in [0.25, 0.3) is 0 Å². The molecule has 5 heteroatoms. The lowest BCUT2D eigenvalue weighted by atomic mass is 9.94. The van der Waals surface area contributed by atoms with E-state index in [-0.39, 0.29) is 6.61 Å². The Hall–Kier alpha value is -0.930. The third-order valence-electron chi connectivity index (χ3n) is 2.16. The maximum absolute atomic E-state index is 11.1. The largest absolute Gasteiger partial charge is 0.489 e. The van der Waals surface area contributed by atoms with Gasteiger partial charge in [-0.25, -0.2) is 0 Å². The van der Waals surface area contributed by atoms with E-state index in [1.807, 2.05) is 0 Å². The van der Waals surface area contributed by atoms with Crippen molar-refractivity contribution in [3.05, 3.63) is 28.2 Å². The first-order chi connectivity index (χ1) is 7.34. The molecule has 0 radical (unpaired) electrons. The summed E-state index contributed by atoms with van der Waals surface area (Å²) in [7, 11) is 0. The Kier molecular flexibility index (Phi) is 4.05. The molecule has 0 saturated heterocycles. The lowest BCUT2D eigenvalue weighted by Crippen LogP contribution is -2.36. The molecule has 0 aliphatic rings. The maximum atomic E-state index is 11.1. The molecule has 0 fully saturated rings. The molecule has 0 spiro atoms. The van der Waals surface area contributed by atoms with Crippen molar-refractivity contribution in [1.29, 1.82) is 0 Å². The summed E-state index contributed by atoms with van der Waals surface area (Å²) in [6, 6.07) is 5.05. The fraction of sp³-hybridized carbons (Fsp3) is 0.364. The Bertz CT molecular complexity index is 385. The third kappa shape index (κ3) is 3.03. The number of primary amides is 1. The zero-order chi connectivity index (χ0) is 12.3. The number of hydrogen-bond donors (Lipinski definition) is 1. The standard InChI is InChI=1S/C11H13Cl2NO2/c1-11(2,10(14)15)6-16-9-7(12)4-3-5-8(9)13/h3-5H,6H2,1-2H3,(H2,14,15). The quantitative estimate of drug-likeness (QED) is 0.906. The molecule has 0 atom stereocenters. The van der Waals surface area contributed by atoms with Gasteiger partial charge in [-0.05, 0) is 26.0 Å². The number of carbonyl (C=O) groups is 1. The first-order valence-corrected chi connectivity index (χ1v) is 5.47. The number of rotatable bonds is 4. The van der Waals surface area contributed by atoms with E-state index in [4.69, 9.17) is 33.7 Å². The second-order valence-corrected chi connectivity index (χ2v) is 4.90. The summed E-state index contributed by atoms with van der Waals surface area (Å²) in [5, 5.41) is 0.820. The van der Waals surface area contributed by atoms with E-state index >= 15 is 0 Å². The second kappa shape index (κ2) is 4.93. The molecule has 0 aliphatic heterocycles. The van der Waals surface area contributed by atoms with Gasteiger partial charge in [0.2, 0.25) is 5.91 Å². The highest BCUT2D eigenvalue weighted by molar-refractivity contribution is 6.37. The molecule has 1 aromatic carbocycles. The van der Waals surface area contributed by atoms with Crippen molar-refractivity contribution in [2.75, 3.05) is 6.61 Å². The Morgan fingerprint density at radius 1 is 1.38 bits per heavy atom. The van der Waals surface area contributed by atoms with Crippen molar-refractivity contribution in [2.24, 2.45) is 11.1 Å². The molecule has 88 valence electrons. The molecule has 1 aromatic rings. The lowest BCUT2D eigenvalue weighted by molar-refractivity contribution is -0.127. The van der Waals surface area contributed by atoms with Crippen LogP contribution in [-0.2, 0) is 4.79 Å². The van der Waals surface area contributed by atoms with Gasteiger partial charge >= 0.3 is 0 Å². The van der Waals surface area contributed by atoms with Gasteiger partial charge in [-0.2, -0.15) is 0 Å². The van der Waals surface area contributed by atoms with E-state index in [1.165, 1.54) is 0 Å². The van der Waals surface area contributed by atoms with Gasteiger partial charge in [0.15, 0.2) is 5.75 Å². The van der Waals surface area contributed by atoms with Crippen LogP contribution < -0.4 is 10.5 Å². The summed E-state index contributed by atoms with van der Waals surface area (Å²) in [6.07, 6.45) is 0. The number of nitrogens with two attached hydrogens (primary N) is 1. The molecule has 0 unspecified atom stereocenters. The highest BCUT2D eigenvalue weighted by Crippen LogP contribution is 2.33. The van der Waals surface area contributed by atoms with Crippen molar-refractivity contribution in [1.82, 2.24) is 0 Å². The molecule has 1 rings (SSSR count). The number of amides is 1. The Balaban J connectivity index is 2.79. The minimum Gasteiger partial charge on any atom is -0.489 e. The molecule has 16 heavy (non-hydrogen) atoms. The fourth-order valence-electron chi connectivity index (χ4n) is 0.944. The number of para-hydroxylation sites is 1. The van der Waals surface area contributed by atoms with E-state index < -0.39 is 11.3 Å². The van der Waals surface area contributed by atoms with E-state index in [1.54, 1.807) is 32.0 Å². The van der Waals surface area contributed by atoms with Crippen LogP contribution in [0.15, 0.2) is 18.2 Å². The summed E-state index contributed by atoms with van der Waals surface area (Å²) < 4.78 is 5.43. The lowest BCUT2D eigenvalue weighted by Gasteiger charge is -2.21. The predicted molar refractivity (Wildman–Crippen MR) is 64.9 cm³/mol. The van der Waals surface area contributed by atoms with Crippen LogP contribution in [0, 0.1) is 5.41 Å². The number of halogens is 2. The minimum absolute atomic E-state index is 0.131. The Morgan fingerprint density at radius 2 is 1.88 bits per heavy atom. The normalized spacial score (nSPS) is 11.2. The van der Waals surface area contributed by atoms with Crippen molar-refractivity contribution >= 4 is 29.1 Å². The summed E-state index contributed by atoms with van der Waals surface area (Å²) in [4.78, 5) is 11.1. The smallest absolute Gasteiger partial charge is 0.226 e. The number of benzene rings is 1. The third-order valence-corrected chi connectivity index (χ3v) is 2.76. The number of hydrogen-bond acceptors (Lipinski definition) is 2. The average Bonchev–Trinajstić information content (AvgIpc) is 2.16. The number of carbonyl (C=O) groups excluding carboxylic acids is 1. The van der Waals surface area contributed by atoms with E-state index in [2.05, 4.69) is 0 Å². The van der Waals surface area contributed by atoms with Gasteiger partial charge in [0.1, 0.15) is 6.61 Å². The molecule has 0 aromatic heterocycles. The summed E-state index contributed by atoms with van der Waals surface area (Å²) in [6.45, 7) is 3.52. The molecule has 0 aliphatic carbocycles. The van der Waals surface area contributed by atoms with Crippen LogP contribution in [0.2, 0.25) is 10.0 Å². The highest BCUT2D eigenvalue weighted by atomic mass is 35.5. The zero-order valence-corrected chi connectivity index (χ0v) is 10.6. The van der Waals surface area contributed by atoms with Gasteiger partial charge < -0.3 is 10.5 Å². The molecular weight excluding hydrogens is 249 g/mol. The van der Waals surface area contributed by atoms with Crippen LogP contribution in [-0.4, -0.2) is 12.5 Å². The first-order valence-electron chi connectivity index (χ1n) is 4.71. The van der Waals surface area contributed by atoms with Crippen LogP contribution in [0.5, 0.6) is 5.75 Å². The molecule has 0 saturated carbocycles. The van der Waals surface area contributed by atoms with Crippen LogP contribution in [0.1, 0.15) is 13.8 Å². The van der Waals surface area contributed by atoms with Crippen LogP contribution in [0.4, 0.5) is 0 Å². The van der Waals surface area contributed by atoms with Gasteiger partial charge in [-0.15, -0.1) is 0 Å². The SMILES string of the molecule is CC(C)(COc1c(Cl)cccc1Cl)C(N)=O. The van der Waals surface area contributed by atoms with E-state index in [0.29, 0.717) is 15.8 Å². The highest BCUT2D eigenvalue weighted by Gasteiger charge is 2.26. The van der Waals surface area contributed by atoms with Crippen LogP contribution in [0.3, 0.4) is 0 Å². The molecular formula is C11H13Cl2NO2. The van der Waals surface area contributed by atoms with Crippen molar-refractivity contribution in [2.45, 2.75) is 13.8 Å². The molecule has 2 N–H and O–H groups in total.